The van der Waals surface area contributed by atoms with Crippen molar-refractivity contribution in [1.29, 1.82) is 0 Å². The van der Waals surface area contributed by atoms with Crippen molar-refractivity contribution < 1.29 is 14.3 Å². The van der Waals surface area contributed by atoms with Crippen LogP contribution in [0.3, 0.4) is 0 Å². The van der Waals surface area contributed by atoms with Crippen molar-refractivity contribution in [2.45, 2.75) is 6.54 Å². The first-order valence-electron chi connectivity index (χ1n) is 7.87. The van der Waals surface area contributed by atoms with Gasteiger partial charge in [-0.3, -0.25) is 13.9 Å². The molecule has 0 radical (unpaired) electrons. The highest BCUT2D eigenvalue weighted by Crippen LogP contribution is 2.32. The van der Waals surface area contributed by atoms with Crippen molar-refractivity contribution in [2.75, 3.05) is 6.79 Å². The Morgan fingerprint density at radius 2 is 1.80 bits per heavy atom. The molecule has 7 heteroatoms. The standard InChI is InChI=1S/C18H17N3O4/c1-20-13-5-4-12(8-14(13)21(2)18(20)23)17(22)19-9-11-3-6-15-16(7-11)25-10-24-15/h3-8H,9-10H2,1-2H3,(H,19,22). The second kappa shape index (κ2) is 5.70. The van der Waals surface area contributed by atoms with E-state index in [9.17, 15) is 9.59 Å². The minimum Gasteiger partial charge on any atom is -0.454 e. The molecule has 3 aromatic rings. The zero-order chi connectivity index (χ0) is 17.6. The van der Waals surface area contributed by atoms with E-state index in [2.05, 4.69) is 5.32 Å². The topological polar surface area (TPSA) is 74.5 Å². The first-order valence-corrected chi connectivity index (χ1v) is 7.87. The van der Waals surface area contributed by atoms with Gasteiger partial charge in [0.1, 0.15) is 0 Å². The molecule has 128 valence electrons. The monoisotopic (exact) mass is 339 g/mol. The summed E-state index contributed by atoms with van der Waals surface area (Å²) in [5, 5.41) is 2.88. The van der Waals surface area contributed by atoms with Crippen LogP contribution in [0.1, 0.15) is 15.9 Å². The Hall–Kier alpha value is -3.22. The summed E-state index contributed by atoms with van der Waals surface area (Å²) in [6.07, 6.45) is 0. The lowest BCUT2D eigenvalue weighted by Crippen LogP contribution is -2.22. The molecule has 0 spiro atoms. The number of rotatable bonds is 3. The SMILES string of the molecule is Cn1c(=O)n(C)c2cc(C(=O)NCc3ccc4c(c3)OCO4)ccc21. The maximum Gasteiger partial charge on any atom is 0.328 e. The predicted octanol–water partition coefficient (Wildman–Crippen LogP) is 1.54. The molecule has 1 aromatic heterocycles. The summed E-state index contributed by atoms with van der Waals surface area (Å²) < 4.78 is 13.7. The molecule has 0 unspecified atom stereocenters. The first-order chi connectivity index (χ1) is 12.0. The van der Waals surface area contributed by atoms with Gasteiger partial charge >= 0.3 is 5.69 Å². The van der Waals surface area contributed by atoms with E-state index in [1.807, 2.05) is 18.2 Å². The number of aryl methyl sites for hydroxylation is 2. The Bertz CT molecular complexity index is 1050. The summed E-state index contributed by atoms with van der Waals surface area (Å²) in [6.45, 7) is 0.599. The number of hydrogen-bond donors (Lipinski definition) is 1. The molecule has 0 fully saturated rings. The number of nitrogens with zero attached hydrogens (tertiary/aromatic N) is 2. The quantitative estimate of drug-likeness (QED) is 0.785. The maximum absolute atomic E-state index is 12.4. The Morgan fingerprint density at radius 3 is 2.64 bits per heavy atom. The molecule has 1 aliphatic rings. The van der Waals surface area contributed by atoms with Gasteiger partial charge in [0.25, 0.3) is 5.91 Å². The van der Waals surface area contributed by atoms with Crippen LogP contribution in [0.2, 0.25) is 0 Å². The Labute approximate surface area is 143 Å². The van der Waals surface area contributed by atoms with Crippen LogP contribution in [0.4, 0.5) is 0 Å². The molecule has 0 saturated heterocycles. The third-order valence-electron chi connectivity index (χ3n) is 4.42. The predicted molar refractivity (Wildman–Crippen MR) is 91.9 cm³/mol. The number of benzene rings is 2. The smallest absolute Gasteiger partial charge is 0.328 e. The highest BCUT2D eigenvalue weighted by atomic mass is 16.7. The van der Waals surface area contributed by atoms with E-state index in [0.29, 0.717) is 23.6 Å². The van der Waals surface area contributed by atoms with Crippen LogP contribution in [0.25, 0.3) is 11.0 Å². The van der Waals surface area contributed by atoms with Crippen LogP contribution in [-0.2, 0) is 20.6 Å². The summed E-state index contributed by atoms with van der Waals surface area (Å²) in [6, 6.07) is 10.8. The number of ether oxygens (including phenoxy) is 2. The van der Waals surface area contributed by atoms with Gasteiger partial charge in [0, 0.05) is 26.2 Å². The number of carbonyl (C=O) groups is 1. The van der Waals surface area contributed by atoms with Gasteiger partial charge in [0.2, 0.25) is 6.79 Å². The molecule has 2 aromatic carbocycles. The van der Waals surface area contributed by atoms with Gasteiger partial charge in [-0.15, -0.1) is 0 Å². The fourth-order valence-corrected chi connectivity index (χ4v) is 2.98. The van der Waals surface area contributed by atoms with Crippen molar-refractivity contribution in [3.8, 4) is 11.5 Å². The molecule has 0 atom stereocenters. The van der Waals surface area contributed by atoms with Crippen LogP contribution in [0.15, 0.2) is 41.2 Å². The van der Waals surface area contributed by atoms with E-state index in [-0.39, 0.29) is 18.4 Å². The van der Waals surface area contributed by atoms with Crippen LogP contribution in [-0.4, -0.2) is 21.8 Å². The van der Waals surface area contributed by atoms with Crippen LogP contribution in [0.5, 0.6) is 11.5 Å². The molecule has 0 bridgehead atoms. The van der Waals surface area contributed by atoms with Crippen molar-refractivity contribution in [3.63, 3.8) is 0 Å². The Kier molecular flexibility index (Phi) is 3.49. The highest BCUT2D eigenvalue weighted by Gasteiger charge is 2.15. The van der Waals surface area contributed by atoms with Gasteiger partial charge in [0.05, 0.1) is 11.0 Å². The molecule has 25 heavy (non-hydrogen) atoms. The second-order valence-corrected chi connectivity index (χ2v) is 5.97. The molecule has 0 saturated carbocycles. The molecule has 4 rings (SSSR count). The third-order valence-corrected chi connectivity index (χ3v) is 4.42. The van der Waals surface area contributed by atoms with E-state index >= 15 is 0 Å². The number of carbonyl (C=O) groups excluding carboxylic acids is 1. The van der Waals surface area contributed by atoms with Gasteiger partial charge in [-0.25, -0.2) is 4.79 Å². The van der Waals surface area contributed by atoms with Crippen molar-refractivity contribution in [2.24, 2.45) is 14.1 Å². The molecular weight excluding hydrogens is 322 g/mol. The number of nitrogens with one attached hydrogen (secondary N) is 1. The van der Waals surface area contributed by atoms with E-state index in [1.54, 1.807) is 36.9 Å². The van der Waals surface area contributed by atoms with Gasteiger partial charge < -0.3 is 14.8 Å². The van der Waals surface area contributed by atoms with Crippen molar-refractivity contribution in [1.82, 2.24) is 14.5 Å². The van der Waals surface area contributed by atoms with E-state index in [1.165, 1.54) is 4.57 Å². The minimum absolute atomic E-state index is 0.118. The average Bonchev–Trinajstić information content (AvgIpc) is 3.18. The number of hydrogen-bond acceptors (Lipinski definition) is 4. The fraction of sp³-hybridized carbons (Fsp3) is 0.222. The minimum atomic E-state index is -0.198. The van der Waals surface area contributed by atoms with Crippen LogP contribution in [0, 0.1) is 0 Å². The van der Waals surface area contributed by atoms with Gasteiger partial charge in [0.15, 0.2) is 11.5 Å². The molecular formula is C18H17N3O4. The highest BCUT2D eigenvalue weighted by molar-refractivity contribution is 5.97. The van der Waals surface area contributed by atoms with Gasteiger partial charge in [-0.2, -0.15) is 0 Å². The number of fused-ring (bicyclic) bond motifs is 2. The fourth-order valence-electron chi connectivity index (χ4n) is 2.98. The summed E-state index contributed by atoms with van der Waals surface area (Å²) in [7, 11) is 3.41. The lowest BCUT2D eigenvalue weighted by Gasteiger charge is -2.07. The molecule has 1 N–H and O–H groups in total. The van der Waals surface area contributed by atoms with E-state index in [0.717, 1.165) is 16.6 Å². The number of amides is 1. The zero-order valence-electron chi connectivity index (χ0n) is 13.9. The molecule has 2 heterocycles. The second-order valence-electron chi connectivity index (χ2n) is 5.97. The number of aromatic nitrogens is 2. The third kappa shape index (κ3) is 2.53. The lowest BCUT2D eigenvalue weighted by molar-refractivity contribution is 0.0951. The zero-order valence-corrected chi connectivity index (χ0v) is 13.9. The van der Waals surface area contributed by atoms with Gasteiger partial charge in [-0.05, 0) is 35.9 Å². The summed E-state index contributed by atoms with van der Waals surface area (Å²) in [5.74, 6) is 1.20. The van der Waals surface area contributed by atoms with E-state index in [4.69, 9.17) is 9.47 Å². The number of imidazole rings is 1. The summed E-state index contributed by atoms with van der Waals surface area (Å²) >= 11 is 0. The summed E-state index contributed by atoms with van der Waals surface area (Å²) in [4.78, 5) is 24.4. The van der Waals surface area contributed by atoms with Crippen LogP contribution < -0.4 is 20.5 Å². The summed E-state index contributed by atoms with van der Waals surface area (Å²) in [5.41, 5.74) is 2.83. The average molecular weight is 339 g/mol. The molecule has 7 nitrogen and oxygen atoms in total. The largest absolute Gasteiger partial charge is 0.454 e. The molecule has 1 aliphatic heterocycles. The molecule has 0 aliphatic carbocycles. The lowest BCUT2D eigenvalue weighted by atomic mass is 10.1. The normalized spacial score (nSPS) is 12.6. The first kappa shape index (κ1) is 15.3. The molecule has 1 amide bonds. The van der Waals surface area contributed by atoms with Crippen molar-refractivity contribution >= 4 is 16.9 Å². The Balaban J connectivity index is 1.54. The van der Waals surface area contributed by atoms with Crippen molar-refractivity contribution in [3.05, 3.63) is 58.0 Å². The maximum atomic E-state index is 12.4. The van der Waals surface area contributed by atoms with E-state index < -0.39 is 0 Å². The van der Waals surface area contributed by atoms with Gasteiger partial charge in [-0.1, -0.05) is 6.07 Å². The van der Waals surface area contributed by atoms with Crippen LogP contribution >= 0.6 is 0 Å². The Morgan fingerprint density at radius 1 is 1.04 bits per heavy atom.